The number of allylic oxidation sites excluding steroid dienone is 2. The molecular formula is C8H9F5S. The van der Waals surface area contributed by atoms with Gasteiger partial charge in [-0.2, -0.15) is 0 Å². The van der Waals surface area contributed by atoms with Crippen molar-refractivity contribution in [1.29, 1.82) is 0 Å². The zero-order chi connectivity index (χ0) is 10.9. The maximum atomic E-state index is 11.8. The summed E-state index contributed by atoms with van der Waals surface area (Å²) in [6.45, 7) is 0. The molecule has 0 heterocycles. The zero-order valence-corrected chi connectivity index (χ0v) is 8.02. The first-order chi connectivity index (χ1) is 6.05. The summed E-state index contributed by atoms with van der Waals surface area (Å²) >= 11 is 0. The molecule has 0 radical (unpaired) electrons. The summed E-state index contributed by atoms with van der Waals surface area (Å²) in [5, 5.41) is 0.211. The Morgan fingerprint density at radius 2 is 1.71 bits per heavy atom. The Morgan fingerprint density at radius 1 is 1.07 bits per heavy atom. The normalized spacial score (nSPS) is 22.5. The maximum absolute atomic E-state index is 11.8. The molecule has 0 aromatic rings. The molecule has 0 N–H and O–H groups in total. The van der Waals surface area contributed by atoms with Crippen LogP contribution in [0.2, 0.25) is 0 Å². The van der Waals surface area contributed by atoms with Crippen molar-refractivity contribution in [2.45, 2.75) is 25.7 Å². The van der Waals surface area contributed by atoms with Gasteiger partial charge in [-0.1, -0.05) is 31.4 Å². The lowest BCUT2D eigenvalue weighted by atomic mass is 10.0. The molecular weight excluding hydrogens is 223 g/mol. The van der Waals surface area contributed by atoms with Crippen LogP contribution in [0.4, 0.5) is 19.4 Å². The second kappa shape index (κ2) is 2.66. The maximum Gasteiger partial charge on any atom is 0.345 e. The van der Waals surface area contributed by atoms with Crippen molar-refractivity contribution in [1.82, 2.24) is 0 Å². The predicted molar refractivity (Wildman–Crippen MR) is 47.5 cm³/mol. The molecule has 1 aliphatic carbocycles. The average molecular weight is 232 g/mol. The summed E-state index contributed by atoms with van der Waals surface area (Å²) in [7, 11) is -9.53. The second-order valence-corrected chi connectivity index (χ2v) is 5.31. The van der Waals surface area contributed by atoms with Crippen molar-refractivity contribution in [3.8, 4) is 11.2 Å². The Kier molecular flexibility index (Phi) is 2.16. The van der Waals surface area contributed by atoms with E-state index in [1.807, 2.05) is 0 Å². The monoisotopic (exact) mass is 232 g/mol. The van der Waals surface area contributed by atoms with E-state index in [1.165, 1.54) is 12.0 Å². The van der Waals surface area contributed by atoms with E-state index >= 15 is 0 Å². The lowest BCUT2D eigenvalue weighted by Crippen LogP contribution is -2.00. The fourth-order valence-corrected chi connectivity index (χ4v) is 1.44. The average Bonchev–Trinajstić information content (AvgIpc) is 2.00. The molecule has 0 aromatic heterocycles. The van der Waals surface area contributed by atoms with Gasteiger partial charge < -0.3 is 0 Å². The first-order valence-electron chi connectivity index (χ1n) is 4.03. The molecule has 1 rings (SSSR count). The van der Waals surface area contributed by atoms with Crippen molar-refractivity contribution >= 4 is 10.2 Å². The van der Waals surface area contributed by atoms with Crippen molar-refractivity contribution in [3.05, 3.63) is 11.6 Å². The predicted octanol–water partition coefficient (Wildman–Crippen LogP) is 4.75. The lowest BCUT2D eigenvalue weighted by molar-refractivity contribution is 0.389. The topological polar surface area (TPSA) is 0 Å². The van der Waals surface area contributed by atoms with Crippen LogP contribution in [0.15, 0.2) is 11.6 Å². The number of hydrogen-bond acceptors (Lipinski definition) is 0. The lowest BCUT2D eigenvalue weighted by Gasteiger charge is -2.33. The summed E-state index contributed by atoms with van der Waals surface area (Å²) < 4.78 is 58.8. The second-order valence-electron chi connectivity index (χ2n) is 3.17. The molecule has 1 aliphatic rings. The Bertz CT molecular complexity index is 325. The molecule has 82 valence electrons. The number of rotatable bonds is 0. The zero-order valence-electron chi connectivity index (χ0n) is 7.20. The van der Waals surface area contributed by atoms with Gasteiger partial charge in [0, 0.05) is 0 Å². The van der Waals surface area contributed by atoms with Gasteiger partial charge in [0.05, 0.1) is 5.25 Å². The molecule has 0 aromatic carbocycles. The van der Waals surface area contributed by atoms with Crippen LogP contribution < -0.4 is 0 Å². The molecule has 6 heteroatoms. The molecule has 0 saturated heterocycles. The number of hydrogen-bond donors (Lipinski definition) is 0. The summed E-state index contributed by atoms with van der Waals surface area (Å²) in [6.07, 6.45) is 4.05. The highest BCUT2D eigenvalue weighted by Crippen LogP contribution is 2.97. The fraction of sp³-hybridized carbons (Fsp3) is 0.500. The Hall–Kier alpha value is -0.700. The van der Waals surface area contributed by atoms with Crippen LogP contribution in [-0.2, 0) is 0 Å². The highest BCUT2D eigenvalue weighted by Gasteiger charge is 2.62. The van der Waals surface area contributed by atoms with E-state index in [2.05, 4.69) is 0 Å². The SMILES string of the molecule is FS(F)(F)(F)(F)C#CC1=CCCCC1. The van der Waals surface area contributed by atoms with E-state index < -0.39 is 10.2 Å². The van der Waals surface area contributed by atoms with Gasteiger partial charge in [0.25, 0.3) is 0 Å². The largest absolute Gasteiger partial charge is 0.345 e. The van der Waals surface area contributed by atoms with Crippen LogP contribution in [0.1, 0.15) is 25.7 Å². The third-order valence-corrected chi connectivity index (χ3v) is 2.18. The standard InChI is InChI=1S/C8H9F5S/c9-14(10,11,12,13)7-6-8-4-2-1-3-5-8/h4H,1-3,5H2. The quantitative estimate of drug-likeness (QED) is 0.417. The minimum absolute atomic E-state index is 0.171. The van der Waals surface area contributed by atoms with Gasteiger partial charge in [-0.25, -0.2) is 0 Å². The van der Waals surface area contributed by atoms with Crippen molar-refractivity contribution in [2.24, 2.45) is 0 Å². The van der Waals surface area contributed by atoms with Crippen LogP contribution in [0.5, 0.6) is 0 Å². The van der Waals surface area contributed by atoms with E-state index in [9.17, 15) is 19.4 Å². The Balaban J connectivity index is 2.89. The molecule has 0 nitrogen and oxygen atoms in total. The first kappa shape index (κ1) is 11.4. The van der Waals surface area contributed by atoms with E-state index in [4.69, 9.17) is 0 Å². The van der Waals surface area contributed by atoms with Crippen molar-refractivity contribution in [2.75, 3.05) is 0 Å². The van der Waals surface area contributed by atoms with Gasteiger partial charge in [-0.3, -0.25) is 0 Å². The van der Waals surface area contributed by atoms with Crippen LogP contribution in [-0.4, -0.2) is 0 Å². The summed E-state index contributed by atoms with van der Waals surface area (Å²) in [4.78, 5) is 0. The van der Waals surface area contributed by atoms with E-state index in [1.54, 1.807) is 0 Å². The molecule has 0 spiro atoms. The fourth-order valence-electron chi connectivity index (χ4n) is 1.11. The van der Waals surface area contributed by atoms with E-state index in [0.717, 1.165) is 6.42 Å². The molecule has 14 heavy (non-hydrogen) atoms. The molecule has 0 saturated carbocycles. The molecule has 0 bridgehead atoms. The summed E-state index contributed by atoms with van der Waals surface area (Å²) in [6, 6.07) is 0. The first-order valence-corrected chi connectivity index (χ1v) is 5.98. The summed E-state index contributed by atoms with van der Waals surface area (Å²) in [5.41, 5.74) is 0.171. The highest BCUT2D eigenvalue weighted by atomic mass is 32.5. The van der Waals surface area contributed by atoms with Gasteiger partial charge in [-0.05, 0) is 31.3 Å². The minimum atomic E-state index is -9.53. The van der Waals surface area contributed by atoms with E-state index in [0.29, 0.717) is 19.3 Å². The van der Waals surface area contributed by atoms with E-state index in [-0.39, 0.29) is 10.8 Å². The Labute approximate surface area is 78.9 Å². The van der Waals surface area contributed by atoms with Crippen LogP contribution in [0.25, 0.3) is 0 Å². The smallest absolute Gasteiger partial charge is 0.0873 e. The van der Waals surface area contributed by atoms with Gasteiger partial charge in [-0.15, -0.1) is 0 Å². The van der Waals surface area contributed by atoms with Gasteiger partial charge >= 0.3 is 10.2 Å². The highest BCUT2D eigenvalue weighted by molar-refractivity contribution is 8.49. The third-order valence-electron chi connectivity index (χ3n) is 1.70. The molecule has 0 aliphatic heterocycles. The van der Waals surface area contributed by atoms with Crippen LogP contribution in [0, 0.1) is 11.2 Å². The summed E-state index contributed by atoms with van der Waals surface area (Å²) in [5.74, 6) is 1.53. The molecule has 0 unspecified atom stereocenters. The van der Waals surface area contributed by atoms with Crippen molar-refractivity contribution in [3.63, 3.8) is 0 Å². The molecule has 0 fully saturated rings. The van der Waals surface area contributed by atoms with Crippen LogP contribution in [0.3, 0.4) is 0 Å². The van der Waals surface area contributed by atoms with Crippen LogP contribution >= 0.6 is 10.2 Å². The van der Waals surface area contributed by atoms with Gasteiger partial charge in [0.15, 0.2) is 0 Å². The molecule has 0 amide bonds. The molecule has 0 atom stereocenters. The number of halogens is 5. The van der Waals surface area contributed by atoms with Crippen molar-refractivity contribution < 1.29 is 19.4 Å². The third kappa shape index (κ3) is 5.12. The minimum Gasteiger partial charge on any atom is -0.0873 e. The Morgan fingerprint density at radius 3 is 2.14 bits per heavy atom. The van der Waals surface area contributed by atoms with Gasteiger partial charge in [0.1, 0.15) is 0 Å². The van der Waals surface area contributed by atoms with Gasteiger partial charge in [0.2, 0.25) is 0 Å².